The van der Waals surface area contributed by atoms with Crippen LogP contribution in [0.25, 0.3) is 4.85 Å². The zero-order valence-corrected chi connectivity index (χ0v) is 12.7. The Morgan fingerprint density at radius 2 is 2.43 bits per heavy atom. The minimum atomic E-state index is -0.637. The van der Waals surface area contributed by atoms with Gasteiger partial charge in [0.1, 0.15) is 0 Å². The lowest BCUT2D eigenvalue weighted by Gasteiger charge is -2.27. The van der Waals surface area contributed by atoms with Gasteiger partial charge in [-0.2, -0.15) is 0 Å². The van der Waals surface area contributed by atoms with Gasteiger partial charge in [-0.1, -0.05) is 24.5 Å². The van der Waals surface area contributed by atoms with E-state index in [0.717, 1.165) is 24.8 Å². The van der Waals surface area contributed by atoms with E-state index in [1.807, 2.05) is 13.0 Å². The summed E-state index contributed by atoms with van der Waals surface area (Å²) in [7, 11) is 0. The van der Waals surface area contributed by atoms with Gasteiger partial charge in [0, 0.05) is 25.3 Å². The van der Waals surface area contributed by atoms with Crippen molar-refractivity contribution >= 4 is 5.97 Å². The highest BCUT2D eigenvalue weighted by Gasteiger charge is 2.38. The molecule has 21 heavy (non-hydrogen) atoms. The topological polar surface area (TPSA) is 30.7 Å². The molecule has 2 atom stereocenters. The Bertz CT molecular complexity index is 564. The summed E-state index contributed by atoms with van der Waals surface area (Å²) < 4.78 is 4.77. The summed E-state index contributed by atoms with van der Waals surface area (Å²) >= 11 is 0. The van der Waals surface area contributed by atoms with Crippen molar-refractivity contribution in [2.45, 2.75) is 45.1 Å². The van der Waals surface area contributed by atoms with E-state index >= 15 is 0 Å². The Morgan fingerprint density at radius 1 is 1.67 bits per heavy atom. The Kier molecular flexibility index (Phi) is 6.54. The van der Waals surface area contributed by atoms with Gasteiger partial charge in [-0.25, -0.2) is 6.57 Å². The summed E-state index contributed by atoms with van der Waals surface area (Å²) in [5.41, 5.74) is 3.32. The van der Waals surface area contributed by atoms with Crippen LogP contribution in [0, 0.1) is 24.3 Å². The Labute approximate surface area is 127 Å². The number of ether oxygens (including phenoxy) is 1. The van der Waals surface area contributed by atoms with Crippen LogP contribution in [-0.2, 0) is 9.53 Å². The summed E-state index contributed by atoms with van der Waals surface area (Å²) in [6.07, 6.45) is 7.70. The van der Waals surface area contributed by atoms with E-state index in [-0.39, 0.29) is 18.5 Å². The largest absolute Gasteiger partial charge is 0.453 e. The third kappa shape index (κ3) is 4.99. The van der Waals surface area contributed by atoms with E-state index in [9.17, 15) is 4.79 Å². The average molecular weight is 283 g/mol. The normalized spacial score (nSPS) is 19.7. The molecule has 1 aliphatic carbocycles. The molecule has 0 N–H and O–H groups in total. The lowest BCUT2D eigenvalue weighted by atomic mass is 9.75. The molecule has 0 amide bonds. The summed E-state index contributed by atoms with van der Waals surface area (Å²) in [5, 5.41) is 0. The molecule has 0 aromatic carbocycles. The second-order valence-electron chi connectivity index (χ2n) is 5.26. The summed E-state index contributed by atoms with van der Waals surface area (Å²) in [5.74, 6) is 5.63. The second-order valence-corrected chi connectivity index (χ2v) is 5.26. The summed E-state index contributed by atoms with van der Waals surface area (Å²) in [4.78, 5) is 14.5. The van der Waals surface area contributed by atoms with Crippen molar-refractivity contribution in [3.8, 4) is 11.8 Å². The van der Waals surface area contributed by atoms with Crippen molar-refractivity contribution in [1.29, 1.82) is 0 Å². The Hall–Kier alpha value is -2.22. The van der Waals surface area contributed by atoms with E-state index < -0.39 is 5.54 Å². The lowest BCUT2D eigenvalue weighted by Crippen LogP contribution is -2.28. The third-order valence-electron chi connectivity index (χ3n) is 3.58. The minimum Gasteiger partial charge on any atom is -0.453 e. The van der Waals surface area contributed by atoms with Gasteiger partial charge in [0.2, 0.25) is 0 Å². The first-order valence-electron chi connectivity index (χ1n) is 7.07. The quantitative estimate of drug-likeness (QED) is 0.259. The van der Waals surface area contributed by atoms with Crippen molar-refractivity contribution in [2.75, 3.05) is 6.61 Å². The van der Waals surface area contributed by atoms with Crippen LogP contribution < -0.4 is 0 Å². The highest BCUT2D eigenvalue weighted by molar-refractivity contribution is 5.66. The standard InChI is InChI=1S/C18H21NO2/c1-5-10-16-11-6-7-12-17(16)18(3,19-4)13-8-9-14-21-15(2)20/h10,12,16H,1,6-7,11,13-14H2,2-3H3. The minimum absolute atomic E-state index is 0.0818. The Morgan fingerprint density at radius 3 is 3.05 bits per heavy atom. The van der Waals surface area contributed by atoms with Gasteiger partial charge in [0.15, 0.2) is 6.61 Å². The molecule has 0 radical (unpaired) electrons. The van der Waals surface area contributed by atoms with Gasteiger partial charge in [0.05, 0.1) is 6.42 Å². The molecule has 3 heteroatoms. The average Bonchev–Trinajstić information content (AvgIpc) is 2.47. The van der Waals surface area contributed by atoms with Crippen LogP contribution in [0.5, 0.6) is 0 Å². The van der Waals surface area contributed by atoms with Crippen molar-refractivity contribution in [3.63, 3.8) is 0 Å². The highest BCUT2D eigenvalue weighted by Crippen LogP contribution is 2.37. The molecule has 1 rings (SSSR count). The lowest BCUT2D eigenvalue weighted by molar-refractivity contribution is -0.139. The molecule has 1 aliphatic rings. The first-order chi connectivity index (χ1) is 10.0. The molecule has 110 valence electrons. The van der Waals surface area contributed by atoms with Gasteiger partial charge < -0.3 is 9.58 Å². The van der Waals surface area contributed by atoms with Gasteiger partial charge in [-0.3, -0.25) is 4.79 Å². The predicted molar refractivity (Wildman–Crippen MR) is 83.2 cm³/mol. The molecule has 0 bridgehead atoms. The number of allylic oxidation sites excluding steroid dienone is 2. The smallest absolute Gasteiger partial charge is 0.303 e. The predicted octanol–water partition coefficient (Wildman–Crippen LogP) is 3.69. The van der Waals surface area contributed by atoms with Gasteiger partial charge in [-0.05, 0) is 25.3 Å². The molecule has 0 aliphatic heterocycles. The van der Waals surface area contributed by atoms with Crippen molar-refractivity contribution in [3.05, 3.63) is 41.5 Å². The van der Waals surface area contributed by atoms with E-state index in [1.54, 1.807) is 0 Å². The highest BCUT2D eigenvalue weighted by atomic mass is 16.5. The fourth-order valence-electron chi connectivity index (χ4n) is 2.47. The fourth-order valence-corrected chi connectivity index (χ4v) is 2.47. The molecule has 2 unspecified atom stereocenters. The monoisotopic (exact) mass is 283 g/mol. The number of hydrogen-bond donors (Lipinski definition) is 0. The van der Waals surface area contributed by atoms with E-state index in [0.29, 0.717) is 6.42 Å². The third-order valence-corrected chi connectivity index (χ3v) is 3.58. The van der Waals surface area contributed by atoms with E-state index in [4.69, 9.17) is 11.3 Å². The maximum Gasteiger partial charge on any atom is 0.303 e. The van der Waals surface area contributed by atoms with Crippen molar-refractivity contribution in [1.82, 2.24) is 0 Å². The Balaban J connectivity index is 2.83. The molecule has 3 nitrogen and oxygen atoms in total. The van der Waals surface area contributed by atoms with Crippen LogP contribution >= 0.6 is 0 Å². The first-order valence-corrected chi connectivity index (χ1v) is 7.07. The maximum atomic E-state index is 10.7. The number of nitrogens with zero attached hydrogens (tertiary/aromatic N) is 1. The van der Waals surface area contributed by atoms with E-state index in [2.05, 4.69) is 35.1 Å². The molecule has 0 heterocycles. The van der Waals surface area contributed by atoms with Crippen LogP contribution in [0.4, 0.5) is 0 Å². The molecule has 0 spiro atoms. The zero-order chi connectivity index (χ0) is 15.7. The number of rotatable bonds is 4. The van der Waals surface area contributed by atoms with Crippen LogP contribution in [0.2, 0.25) is 0 Å². The van der Waals surface area contributed by atoms with Crippen LogP contribution in [-0.4, -0.2) is 18.1 Å². The summed E-state index contributed by atoms with van der Waals surface area (Å²) in [6.45, 7) is 14.5. The number of hydrogen-bond acceptors (Lipinski definition) is 2. The number of esters is 1. The number of carbonyl (C=O) groups is 1. The fraction of sp³-hybridized carbons (Fsp3) is 0.500. The molecule has 0 saturated heterocycles. The molecule has 0 saturated carbocycles. The van der Waals surface area contributed by atoms with Gasteiger partial charge in [-0.15, -0.1) is 5.73 Å². The van der Waals surface area contributed by atoms with Crippen molar-refractivity contribution < 1.29 is 9.53 Å². The molecular formula is C18H21NO2. The van der Waals surface area contributed by atoms with Gasteiger partial charge in [0.25, 0.3) is 5.54 Å². The van der Waals surface area contributed by atoms with Crippen LogP contribution in [0.3, 0.4) is 0 Å². The summed E-state index contributed by atoms with van der Waals surface area (Å²) in [6, 6.07) is 0. The number of carbonyl (C=O) groups excluding carboxylic acids is 1. The maximum absolute atomic E-state index is 10.7. The van der Waals surface area contributed by atoms with E-state index in [1.165, 1.54) is 6.92 Å². The van der Waals surface area contributed by atoms with Crippen molar-refractivity contribution in [2.24, 2.45) is 5.92 Å². The van der Waals surface area contributed by atoms with Crippen LogP contribution in [0.1, 0.15) is 39.5 Å². The molecule has 0 aromatic heterocycles. The zero-order valence-electron chi connectivity index (χ0n) is 12.7. The van der Waals surface area contributed by atoms with Gasteiger partial charge >= 0.3 is 5.97 Å². The molecule has 0 fully saturated rings. The second kappa shape index (κ2) is 8.15. The first kappa shape index (κ1) is 16.8. The molecular weight excluding hydrogens is 262 g/mol. The molecule has 0 aromatic rings. The van der Waals surface area contributed by atoms with Crippen LogP contribution in [0.15, 0.2) is 30.0 Å². The SMILES string of the molecule is [C-]#[N+]C(C)(CC#CCOC(C)=O)C1=CCCCC1C=C=C.